The average Bonchev–Trinajstić information content (AvgIpc) is 2.64. The van der Waals surface area contributed by atoms with Crippen LogP contribution in [-0.4, -0.2) is 9.52 Å². The fraction of sp³-hybridized carbons (Fsp3) is 0.727. The standard InChI is InChI=1S/C22H34F2Si/c1-2-25-20-12-7-17(8-13-20)4-3-16-5-9-18(10-6-16)19-11-14-21(23)22(24)15-19/h11,14-18,20H,2-10,12-13,25H2,1H3/t16-,17-,18-,20-. The van der Waals surface area contributed by atoms with E-state index in [0.29, 0.717) is 5.92 Å². The van der Waals surface area contributed by atoms with Crippen molar-refractivity contribution in [2.75, 3.05) is 0 Å². The average molecular weight is 365 g/mol. The van der Waals surface area contributed by atoms with Crippen LogP contribution in [0.2, 0.25) is 11.6 Å². The molecule has 0 heterocycles. The van der Waals surface area contributed by atoms with Crippen LogP contribution in [0.15, 0.2) is 18.2 Å². The van der Waals surface area contributed by atoms with Crippen LogP contribution in [0.25, 0.3) is 0 Å². The first kappa shape index (κ1) is 19.1. The van der Waals surface area contributed by atoms with Crippen LogP contribution in [0.1, 0.15) is 82.6 Å². The molecular weight excluding hydrogens is 330 g/mol. The van der Waals surface area contributed by atoms with Gasteiger partial charge in [0, 0.05) is 9.52 Å². The van der Waals surface area contributed by atoms with Gasteiger partial charge in [-0.1, -0.05) is 63.1 Å². The third-order valence-corrected chi connectivity index (χ3v) is 9.12. The molecular formula is C22H34F2Si. The number of hydrogen-bond acceptors (Lipinski definition) is 0. The Morgan fingerprint density at radius 1 is 0.840 bits per heavy atom. The van der Waals surface area contributed by atoms with Gasteiger partial charge in [0.2, 0.25) is 0 Å². The molecule has 0 nitrogen and oxygen atoms in total. The van der Waals surface area contributed by atoms with Crippen molar-refractivity contribution in [2.24, 2.45) is 11.8 Å². The second-order valence-corrected chi connectivity index (χ2v) is 11.4. The lowest BCUT2D eigenvalue weighted by atomic mass is 9.75. The molecule has 1 aromatic carbocycles. The predicted molar refractivity (Wildman–Crippen MR) is 105 cm³/mol. The van der Waals surface area contributed by atoms with Crippen molar-refractivity contribution in [3.8, 4) is 0 Å². The highest BCUT2D eigenvalue weighted by atomic mass is 28.2. The minimum absolute atomic E-state index is 0.233. The second kappa shape index (κ2) is 9.30. The van der Waals surface area contributed by atoms with Crippen LogP contribution in [0.4, 0.5) is 8.78 Å². The van der Waals surface area contributed by atoms with Crippen LogP contribution in [0.5, 0.6) is 0 Å². The van der Waals surface area contributed by atoms with Gasteiger partial charge in [0.1, 0.15) is 0 Å². The van der Waals surface area contributed by atoms with Crippen molar-refractivity contribution >= 4 is 9.52 Å². The molecule has 2 aliphatic carbocycles. The molecule has 0 radical (unpaired) electrons. The van der Waals surface area contributed by atoms with Crippen LogP contribution in [0.3, 0.4) is 0 Å². The van der Waals surface area contributed by atoms with E-state index in [9.17, 15) is 8.78 Å². The normalized spacial score (nSPS) is 30.8. The van der Waals surface area contributed by atoms with Crippen molar-refractivity contribution in [1.29, 1.82) is 0 Å². The van der Waals surface area contributed by atoms with E-state index in [1.807, 2.05) is 0 Å². The Bertz CT molecular complexity index is 529. The topological polar surface area (TPSA) is 0 Å². The third kappa shape index (κ3) is 5.38. The summed E-state index contributed by atoms with van der Waals surface area (Å²) in [4.78, 5) is 0. The van der Waals surface area contributed by atoms with Gasteiger partial charge < -0.3 is 0 Å². The Morgan fingerprint density at radius 2 is 1.44 bits per heavy atom. The molecule has 1 aromatic rings. The molecule has 25 heavy (non-hydrogen) atoms. The van der Waals surface area contributed by atoms with Gasteiger partial charge in [-0.3, -0.25) is 0 Å². The van der Waals surface area contributed by atoms with Crippen molar-refractivity contribution in [3.05, 3.63) is 35.4 Å². The molecule has 3 heteroatoms. The van der Waals surface area contributed by atoms with Gasteiger partial charge in [-0.05, 0) is 61.1 Å². The Morgan fingerprint density at radius 3 is 2.00 bits per heavy atom. The monoisotopic (exact) mass is 364 g/mol. The van der Waals surface area contributed by atoms with Crippen molar-refractivity contribution in [2.45, 2.75) is 88.6 Å². The highest BCUT2D eigenvalue weighted by molar-refractivity contribution is 6.37. The highest BCUT2D eigenvalue weighted by Gasteiger charge is 2.25. The zero-order valence-electron chi connectivity index (χ0n) is 15.8. The number of rotatable bonds is 6. The molecule has 0 amide bonds. The number of hydrogen-bond donors (Lipinski definition) is 0. The lowest BCUT2D eigenvalue weighted by Gasteiger charge is -2.32. The van der Waals surface area contributed by atoms with E-state index in [0.717, 1.165) is 35.8 Å². The van der Waals surface area contributed by atoms with Gasteiger partial charge in [-0.2, -0.15) is 0 Å². The summed E-state index contributed by atoms with van der Waals surface area (Å²) in [7, 11) is 0.233. The molecule has 0 aromatic heterocycles. The first-order valence-electron chi connectivity index (χ1n) is 10.6. The first-order valence-corrected chi connectivity index (χ1v) is 12.4. The van der Waals surface area contributed by atoms with Gasteiger partial charge in [0.15, 0.2) is 11.6 Å². The zero-order chi connectivity index (χ0) is 17.6. The summed E-state index contributed by atoms with van der Waals surface area (Å²) in [6.07, 6.45) is 13.7. The molecule has 2 aliphatic rings. The lowest BCUT2D eigenvalue weighted by Crippen LogP contribution is -2.18. The van der Waals surface area contributed by atoms with Gasteiger partial charge in [0.25, 0.3) is 0 Å². The molecule has 140 valence electrons. The fourth-order valence-corrected chi connectivity index (χ4v) is 7.10. The van der Waals surface area contributed by atoms with E-state index in [1.54, 1.807) is 6.07 Å². The lowest BCUT2D eigenvalue weighted by molar-refractivity contribution is 0.261. The molecule has 0 unspecified atom stereocenters. The van der Waals surface area contributed by atoms with Crippen LogP contribution in [0, 0.1) is 23.5 Å². The predicted octanol–water partition coefficient (Wildman–Crippen LogP) is 6.60. The molecule has 2 fully saturated rings. The summed E-state index contributed by atoms with van der Waals surface area (Å²) in [5, 5.41) is 0. The van der Waals surface area contributed by atoms with Crippen molar-refractivity contribution in [3.63, 3.8) is 0 Å². The minimum Gasteiger partial charge on any atom is -0.204 e. The van der Waals surface area contributed by atoms with Gasteiger partial charge in [-0.15, -0.1) is 0 Å². The number of halogens is 2. The Labute approximate surface area is 154 Å². The van der Waals surface area contributed by atoms with Crippen molar-refractivity contribution < 1.29 is 8.78 Å². The minimum atomic E-state index is -0.728. The SMILES string of the molecule is CC[SiH2][C@H]1CC[C@H](CC[C@H]2CC[C@H](c3ccc(F)c(F)c3)CC2)CC1. The highest BCUT2D eigenvalue weighted by Crippen LogP contribution is 2.40. The Kier molecular flexibility index (Phi) is 7.09. The van der Waals surface area contributed by atoms with E-state index in [4.69, 9.17) is 0 Å². The van der Waals surface area contributed by atoms with Gasteiger partial charge >= 0.3 is 0 Å². The summed E-state index contributed by atoms with van der Waals surface area (Å²) in [6.45, 7) is 2.37. The molecule has 0 N–H and O–H groups in total. The Balaban J connectivity index is 1.37. The van der Waals surface area contributed by atoms with Crippen LogP contribution < -0.4 is 0 Å². The molecule has 0 spiro atoms. The smallest absolute Gasteiger partial charge is 0.159 e. The molecule has 0 atom stereocenters. The van der Waals surface area contributed by atoms with Crippen LogP contribution in [-0.2, 0) is 0 Å². The number of benzene rings is 1. The molecule has 0 saturated heterocycles. The fourth-order valence-electron chi connectivity index (χ4n) is 5.24. The van der Waals surface area contributed by atoms with E-state index < -0.39 is 11.6 Å². The molecule has 0 aliphatic heterocycles. The third-order valence-electron chi connectivity index (χ3n) is 6.91. The largest absolute Gasteiger partial charge is 0.204 e. The summed E-state index contributed by atoms with van der Waals surface area (Å²) >= 11 is 0. The maximum absolute atomic E-state index is 13.4. The van der Waals surface area contributed by atoms with Gasteiger partial charge in [-0.25, -0.2) is 8.78 Å². The molecule has 3 rings (SSSR count). The first-order chi connectivity index (χ1) is 12.2. The van der Waals surface area contributed by atoms with Gasteiger partial charge in [0.05, 0.1) is 0 Å². The van der Waals surface area contributed by atoms with E-state index in [-0.39, 0.29) is 9.52 Å². The summed E-state index contributed by atoms with van der Waals surface area (Å²) < 4.78 is 26.5. The second-order valence-electron chi connectivity index (χ2n) is 8.64. The maximum atomic E-state index is 13.4. The maximum Gasteiger partial charge on any atom is 0.159 e. The molecule has 0 bridgehead atoms. The summed E-state index contributed by atoms with van der Waals surface area (Å²) in [5.41, 5.74) is 2.14. The van der Waals surface area contributed by atoms with Crippen molar-refractivity contribution in [1.82, 2.24) is 0 Å². The quantitative estimate of drug-likeness (QED) is 0.499. The summed E-state index contributed by atoms with van der Waals surface area (Å²) in [6, 6.07) is 5.96. The van der Waals surface area contributed by atoms with E-state index >= 15 is 0 Å². The van der Waals surface area contributed by atoms with E-state index in [1.165, 1.54) is 69.5 Å². The summed E-state index contributed by atoms with van der Waals surface area (Å²) in [5.74, 6) is 0.867. The zero-order valence-corrected chi connectivity index (χ0v) is 17.2. The van der Waals surface area contributed by atoms with Crippen LogP contribution >= 0.6 is 0 Å². The van der Waals surface area contributed by atoms with E-state index in [2.05, 4.69) is 6.92 Å². The molecule has 2 saturated carbocycles. The Hall–Kier alpha value is -0.703.